The fourth-order valence-corrected chi connectivity index (χ4v) is 3.80. The van der Waals surface area contributed by atoms with E-state index in [0.717, 1.165) is 16.7 Å². The van der Waals surface area contributed by atoms with Gasteiger partial charge in [-0.3, -0.25) is 9.59 Å². The number of aromatic nitrogens is 1. The van der Waals surface area contributed by atoms with Crippen LogP contribution in [0.1, 0.15) is 45.0 Å². The van der Waals surface area contributed by atoms with Gasteiger partial charge in [0.15, 0.2) is 0 Å². The van der Waals surface area contributed by atoms with E-state index < -0.39 is 12.7 Å². The molecule has 0 aliphatic carbocycles. The minimum atomic E-state index is -1.01. The molecule has 0 radical (unpaired) electrons. The Morgan fingerprint density at radius 1 is 1.06 bits per heavy atom. The summed E-state index contributed by atoms with van der Waals surface area (Å²) in [7, 11) is 1.64. The van der Waals surface area contributed by atoms with E-state index in [1.54, 1.807) is 31.4 Å². The van der Waals surface area contributed by atoms with Crippen molar-refractivity contribution in [1.82, 2.24) is 9.88 Å². The van der Waals surface area contributed by atoms with E-state index in [1.807, 2.05) is 43.3 Å². The van der Waals surface area contributed by atoms with Crippen molar-refractivity contribution >= 4 is 11.6 Å². The van der Waals surface area contributed by atoms with E-state index >= 15 is 0 Å². The number of nitrogens with one attached hydrogen (secondary N) is 1. The molecular weight excluding hydrogens is 434 g/mol. The summed E-state index contributed by atoms with van der Waals surface area (Å²) in [6.07, 6.45) is 0.997. The van der Waals surface area contributed by atoms with Crippen molar-refractivity contribution in [3.05, 3.63) is 105 Å². The van der Waals surface area contributed by atoms with Crippen molar-refractivity contribution in [1.29, 1.82) is 0 Å². The first-order chi connectivity index (χ1) is 16.3. The molecular formula is C26H29N3O5. The number of oxime groups is 1. The molecule has 8 heteroatoms. The van der Waals surface area contributed by atoms with Crippen LogP contribution in [0.15, 0.2) is 76.8 Å². The van der Waals surface area contributed by atoms with Gasteiger partial charge < -0.3 is 25.3 Å². The molecule has 178 valence electrons. The molecule has 3 aromatic rings. The monoisotopic (exact) mass is 463 g/mol. The number of benzene rings is 2. The van der Waals surface area contributed by atoms with Crippen molar-refractivity contribution < 1.29 is 20.2 Å². The summed E-state index contributed by atoms with van der Waals surface area (Å²) in [5, 5.41) is 34.3. The summed E-state index contributed by atoms with van der Waals surface area (Å²) in [6, 6.07) is 18.1. The number of hydrogen-bond donors (Lipinski definition) is 4. The van der Waals surface area contributed by atoms with Crippen LogP contribution in [0.25, 0.3) is 0 Å². The third-order valence-electron chi connectivity index (χ3n) is 5.79. The van der Waals surface area contributed by atoms with Gasteiger partial charge in [0, 0.05) is 49.3 Å². The molecule has 0 bridgehead atoms. The quantitative estimate of drug-likeness (QED) is 0.220. The van der Waals surface area contributed by atoms with Crippen LogP contribution in [0.4, 0.5) is 0 Å². The molecule has 3 rings (SSSR count). The average Bonchev–Trinajstić information content (AvgIpc) is 2.85. The number of carbonyl (C=O) groups excluding carboxylic acids is 1. The zero-order chi connectivity index (χ0) is 24.7. The largest absolute Gasteiger partial charge is 0.411 e. The first-order valence-electron chi connectivity index (χ1n) is 10.9. The second-order valence-corrected chi connectivity index (χ2v) is 8.20. The highest BCUT2D eigenvalue weighted by atomic mass is 16.4. The molecule has 34 heavy (non-hydrogen) atoms. The molecule has 0 saturated heterocycles. The summed E-state index contributed by atoms with van der Waals surface area (Å²) < 4.78 is 1.43. The van der Waals surface area contributed by atoms with E-state index in [4.69, 9.17) is 5.11 Å². The fourth-order valence-electron chi connectivity index (χ4n) is 3.80. The summed E-state index contributed by atoms with van der Waals surface area (Å²) in [6.45, 7) is 1.54. The molecule has 1 heterocycles. The van der Waals surface area contributed by atoms with Gasteiger partial charge in [-0.05, 0) is 41.8 Å². The Morgan fingerprint density at radius 3 is 2.35 bits per heavy atom. The van der Waals surface area contributed by atoms with Gasteiger partial charge in [-0.1, -0.05) is 41.6 Å². The minimum absolute atomic E-state index is 0.0428. The zero-order valence-electron chi connectivity index (χ0n) is 19.2. The molecule has 2 unspecified atom stereocenters. The molecule has 0 spiro atoms. The lowest BCUT2D eigenvalue weighted by molar-refractivity contribution is 0.0802. The second-order valence-electron chi connectivity index (χ2n) is 8.20. The summed E-state index contributed by atoms with van der Waals surface area (Å²) in [4.78, 5) is 24.1. The molecule has 1 aromatic heterocycles. The normalized spacial score (nSPS) is 13.4. The Morgan fingerprint density at radius 2 is 1.74 bits per heavy atom. The summed E-state index contributed by atoms with van der Waals surface area (Å²) in [5.74, 6) is -0.521. The Bertz CT molecular complexity index is 1220. The van der Waals surface area contributed by atoms with Crippen molar-refractivity contribution in [3.8, 4) is 0 Å². The third-order valence-corrected chi connectivity index (χ3v) is 5.79. The molecule has 4 N–H and O–H groups in total. The average molecular weight is 464 g/mol. The van der Waals surface area contributed by atoms with Crippen LogP contribution in [0.5, 0.6) is 0 Å². The number of carbonyl (C=O) groups is 1. The lowest BCUT2D eigenvalue weighted by atomic mass is 9.83. The molecule has 8 nitrogen and oxygen atoms in total. The van der Waals surface area contributed by atoms with Crippen LogP contribution < -0.4 is 10.9 Å². The predicted molar refractivity (Wildman–Crippen MR) is 130 cm³/mol. The van der Waals surface area contributed by atoms with E-state index in [0.29, 0.717) is 23.3 Å². The standard InChI is InChI=1S/C26H29N3O5/c1-17-5-3-4-6-22(17)23(13-24(28-34)20-11-12-25(32)29(2)15-20)18-7-9-19(10-8-18)26(33)27-14-21(31)16-30/h3-12,15,21,23,30-31,34H,13-14,16H2,1-2H3,(H,27,33). The Balaban J connectivity index is 1.92. The highest BCUT2D eigenvalue weighted by Crippen LogP contribution is 2.32. The minimum Gasteiger partial charge on any atom is -0.411 e. The van der Waals surface area contributed by atoms with Gasteiger partial charge in [0.05, 0.1) is 18.4 Å². The molecule has 2 atom stereocenters. The fraction of sp³-hybridized carbons (Fsp3) is 0.269. The van der Waals surface area contributed by atoms with Gasteiger partial charge in [-0.15, -0.1) is 0 Å². The highest BCUT2D eigenvalue weighted by Gasteiger charge is 2.21. The number of nitrogens with zero attached hydrogens (tertiary/aromatic N) is 2. The molecule has 0 aliphatic rings. The molecule has 0 saturated carbocycles. The molecule has 0 fully saturated rings. The second kappa shape index (κ2) is 11.4. The topological polar surface area (TPSA) is 124 Å². The van der Waals surface area contributed by atoms with E-state index in [1.165, 1.54) is 10.6 Å². The Hall–Kier alpha value is -3.75. The van der Waals surface area contributed by atoms with Crippen molar-refractivity contribution in [2.24, 2.45) is 12.2 Å². The number of aryl methyl sites for hydroxylation is 2. The smallest absolute Gasteiger partial charge is 0.251 e. The first kappa shape index (κ1) is 24.9. The Labute approximate surface area is 197 Å². The van der Waals surface area contributed by atoms with E-state index in [2.05, 4.69) is 10.5 Å². The maximum atomic E-state index is 12.4. The van der Waals surface area contributed by atoms with Crippen LogP contribution >= 0.6 is 0 Å². The van der Waals surface area contributed by atoms with Crippen LogP contribution in [0, 0.1) is 6.92 Å². The maximum Gasteiger partial charge on any atom is 0.251 e. The van der Waals surface area contributed by atoms with Crippen molar-refractivity contribution in [2.45, 2.75) is 25.4 Å². The molecule has 2 aromatic carbocycles. The molecule has 0 aliphatic heterocycles. The van der Waals surface area contributed by atoms with Crippen LogP contribution in [-0.2, 0) is 7.05 Å². The number of pyridine rings is 1. The van der Waals surface area contributed by atoms with Gasteiger partial charge in [-0.2, -0.15) is 0 Å². The van der Waals surface area contributed by atoms with Crippen LogP contribution in [0.2, 0.25) is 0 Å². The van der Waals surface area contributed by atoms with Gasteiger partial charge in [0.25, 0.3) is 5.91 Å². The number of rotatable bonds is 9. The van der Waals surface area contributed by atoms with Crippen molar-refractivity contribution in [3.63, 3.8) is 0 Å². The third kappa shape index (κ3) is 5.98. The van der Waals surface area contributed by atoms with E-state index in [-0.39, 0.29) is 23.9 Å². The van der Waals surface area contributed by atoms with Gasteiger partial charge in [0.1, 0.15) is 0 Å². The number of amides is 1. The number of aliphatic hydroxyl groups excluding tert-OH is 2. The first-order valence-corrected chi connectivity index (χ1v) is 10.9. The predicted octanol–water partition coefficient (Wildman–Crippen LogP) is 2.18. The van der Waals surface area contributed by atoms with E-state index in [9.17, 15) is 19.9 Å². The lowest BCUT2D eigenvalue weighted by Crippen LogP contribution is -2.33. The zero-order valence-corrected chi connectivity index (χ0v) is 19.2. The van der Waals surface area contributed by atoms with Crippen LogP contribution in [-0.4, -0.2) is 50.9 Å². The maximum absolute atomic E-state index is 12.4. The summed E-state index contributed by atoms with van der Waals surface area (Å²) in [5.41, 5.74) is 4.39. The summed E-state index contributed by atoms with van der Waals surface area (Å²) >= 11 is 0. The van der Waals surface area contributed by atoms with Gasteiger partial charge in [-0.25, -0.2) is 0 Å². The SMILES string of the molecule is Cc1ccccc1C(CC(=NO)c1ccc(=O)n(C)c1)c1ccc(C(=O)NCC(O)CO)cc1. The van der Waals surface area contributed by atoms with Gasteiger partial charge in [0.2, 0.25) is 5.56 Å². The number of aliphatic hydroxyl groups is 2. The van der Waals surface area contributed by atoms with Crippen molar-refractivity contribution in [2.75, 3.05) is 13.2 Å². The lowest BCUT2D eigenvalue weighted by Gasteiger charge is -2.21. The Kier molecular flexibility index (Phi) is 8.34. The highest BCUT2D eigenvalue weighted by molar-refractivity contribution is 6.00. The number of hydrogen-bond acceptors (Lipinski definition) is 6. The van der Waals surface area contributed by atoms with Gasteiger partial charge >= 0.3 is 0 Å². The molecule has 1 amide bonds. The van der Waals surface area contributed by atoms with Crippen LogP contribution in [0.3, 0.4) is 0 Å².